The third kappa shape index (κ3) is 18.7. The van der Waals surface area contributed by atoms with Crippen molar-refractivity contribution in [3.05, 3.63) is 24.0 Å². The molecular formula is C24H44N4O9. The Hall–Kier alpha value is -2.10. The molecule has 0 unspecified atom stereocenters. The molecule has 0 bridgehead atoms. The minimum Gasteiger partial charge on any atom is -0.399 e. The zero-order valence-corrected chi connectivity index (χ0v) is 22.0. The van der Waals surface area contributed by atoms with Crippen molar-refractivity contribution in [3.63, 3.8) is 0 Å². The molecule has 1 aliphatic rings. The van der Waals surface area contributed by atoms with Gasteiger partial charge in [-0.05, 0) is 6.42 Å². The van der Waals surface area contributed by atoms with Gasteiger partial charge in [0.2, 0.25) is 0 Å². The number of amides is 2. The predicted molar refractivity (Wildman–Crippen MR) is 135 cm³/mol. The molecule has 0 atom stereocenters. The van der Waals surface area contributed by atoms with Crippen LogP contribution in [-0.2, 0) is 42.7 Å². The molecule has 1 rings (SSSR count). The third-order valence-electron chi connectivity index (χ3n) is 4.65. The van der Waals surface area contributed by atoms with Crippen LogP contribution in [0.1, 0.15) is 13.3 Å². The SMILES string of the molecule is CCCOCCOCCOCCOCCOCCOCCOCCN(N)/C=C(\N)CN1C(=O)C=CC1=O. The van der Waals surface area contributed by atoms with Gasteiger partial charge in [-0.25, -0.2) is 5.84 Å². The van der Waals surface area contributed by atoms with Gasteiger partial charge in [0.15, 0.2) is 0 Å². The van der Waals surface area contributed by atoms with E-state index in [1.807, 2.05) is 0 Å². The zero-order valence-electron chi connectivity index (χ0n) is 22.0. The molecule has 0 fully saturated rings. The van der Waals surface area contributed by atoms with E-state index in [2.05, 4.69) is 6.92 Å². The van der Waals surface area contributed by atoms with E-state index in [1.165, 1.54) is 23.4 Å². The highest BCUT2D eigenvalue weighted by Crippen LogP contribution is 2.05. The monoisotopic (exact) mass is 532 g/mol. The van der Waals surface area contributed by atoms with E-state index in [9.17, 15) is 9.59 Å². The summed E-state index contributed by atoms with van der Waals surface area (Å²) < 4.78 is 37.9. The molecule has 0 aromatic carbocycles. The summed E-state index contributed by atoms with van der Waals surface area (Å²) in [5.74, 6) is 5.04. The lowest BCUT2D eigenvalue weighted by Crippen LogP contribution is -2.36. The van der Waals surface area contributed by atoms with Gasteiger partial charge in [-0.1, -0.05) is 6.92 Å². The van der Waals surface area contributed by atoms with Crippen molar-refractivity contribution in [2.75, 3.05) is 106 Å². The van der Waals surface area contributed by atoms with E-state index < -0.39 is 11.8 Å². The first-order chi connectivity index (χ1) is 18.0. The van der Waals surface area contributed by atoms with Crippen LogP contribution in [0.2, 0.25) is 0 Å². The van der Waals surface area contributed by atoms with Crippen LogP contribution in [0.15, 0.2) is 24.0 Å². The quantitative estimate of drug-likeness (QED) is 0.0633. The number of carbonyl (C=O) groups excluding carboxylic acids is 2. The number of rotatable bonds is 26. The second kappa shape index (κ2) is 23.0. The van der Waals surface area contributed by atoms with E-state index in [0.29, 0.717) is 98.1 Å². The van der Waals surface area contributed by atoms with Crippen LogP contribution in [0.4, 0.5) is 0 Å². The molecule has 2 amide bonds. The second-order valence-electron chi connectivity index (χ2n) is 7.82. The fraction of sp³-hybridized carbons (Fsp3) is 0.750. The molecule has 214 valence electrons. The number of ether oxygens (including phenoxy) is 7. The van der Waals surface area contributed by atoms with E-state index >= 15 is 0 Å². The Kier molecular flexibility index (Phi) is 20.5. The molecule has 0 saturated carbocycles. The first-order valence-electron chi connectivity index (χ1n) is 12.6. The van der Waals surface area contributed by atoms with Crippen molar-refractivity contribution in [2.45, 2.75) is 13.3 Å². The third-order valence-corrected chi connectivity index (χ3v) is 4.65. The minimum atomic E-state index is -0.394. The molecular weight excluding hydrogens is 488 g/mol. The molecule has 0 spiro atoms. The fourth-order valence-corrected chi connectivity index (χ4v) is 2.82. The number of nitrogens with zero attached hydrogens (tertiary/aromatic N) is 2. The highest BCUT2D eigenvalue weighted by molar-refractivity contribution is 6.13. The van der Waals surface area contributed by atoms with Crippen molar-refractivity contribution in [2.24, 2.45) is 11.6 Å². The molecule has 0 aliphatic carbocycles. The zero-order chi connectivity index (χ0) is 27.0. The molecule has 13 heteroatoms. The summed E-state index contributed by atoms with van der Waals surface area (Å²) in [5.41, 5.74) is 6.13. The molecule has 0 aromatic rings. The Balaban J connectivity index is 1.79. The van der Waals surface area contributed by atoms with Crippen LogP contribution in [-0.4, -0.2) is 127 Å². The number of imide groups is 1. The summed E-state index contributed by atoms with van der Waals surface area (Å²) >= 11 is 0. The van der Waals surface area contributed by atoms with Crippen LogP contribution in [0.25, 0.3) is 0 Å². The predicted octanol–water partition coefficient (Wildman–Crippen LogP) is -0.587. The first kappa shape index (κ1) is 32.9. The maximum absolute atomic E-state index is 11.5. The molecule has 4 N–H and O–H groups in total. The van der Waals surface area contributed by atoms with Crippen molar-refractivity contribution >= 4 is 11.8 Å². The summed E-state index contributed by atoms with van der Waals surface area (Å²) in [6.07, 6.45) is 4.89. The number of hydrazine groups is 1. The lowest BCUT2D eigenvalue weighted by molar-refractivity contribution is -0.136. The van der Waals surface area contributed by atoms with Crippen LogP contribution in [0, 0.1) is 0 Å². The maximum atomic E-state index is 11.5. The molecule has 0 aromatic heterocycles. The molecule has 37 heavy (non-hydrogen) atoms. The summed E-state index contributed by atoms with van der Waals surface area (Å²) in [7, 11) is 0. The van der Waals surface area contributed by atoms with Crippen molar-refractivity contribution in [1.82, 2.24) is 9.91 Å². The van der Waals surface area contributed by atoms with Crippen LogP contribution in [0.5, 0.6) is 0 Å². The first-order valence-corrected chi connectivity index (χ1v) is 12.6. The number of nitrogens with two attached hydrogens (primary N) is 2. The van der Waals surface area contributed by atoms with Gasteiger partial charge in [-0.15, -0.1) is 0 Å². The van der Waals surface area contributed by atoms with E-state index in [0.717, 1.165) is 17.9 Å². The van der Waals surface area contributed by atoms with Crippen molar-refractivity contribution < 1.29 is 42.7 Å². The highest BCUT2D eigenvalue weighted by atomic mass is 16.6. The smallest absolute Gasteiger partial charge is 0.253 e. The molecule has 0 radical (unpaired) electrons. The molecule has 0 saturated heterocycles. The highest BCUT2D eigenvalue weighted by Gasteiger charge is 2.23. The van der Waals surface area contributed by atoms with Gasteiger partial charge in [0.1, 0.15) is 0 Å². The van der Waals surface area contributed by atoms with Gasteiger partial charge in [-0.3, -0.25) is 14.5 Å². The van der Waals surface area contributed by atoms with Gasteiger partial charge in [0.25, 0.3) is 11.8 Å². The van der Waals surface area contributed by atoms with E-state index in [-0.39, 0.29) is 6.54 Å². The molecule has 1 heterocycles. The number of hydrogen-bond acceptors (Lipinski definition) is 12. The summed E-state index contributed by atoms with van der Waals surface area (Å²) in [5, 5.41) is 1.34. The number of hydrogen-bond donors (Lipinski definition) is 2. The maximum Gasteiger partial charge on any atom is 0.253 e. The fourth-order valence-electron chi connectivity index (χ4n) is 2.82. The minimum absolute atomic E-state index is 0.0123. The Bertz CT molecular complexity index is 646. The van der Waals surface area contributed by atoms with Gasteiger partial charge < -0.3 is 43.9 Å². The largest absolute Gasteiger partial charge is 0.399 e. The van der Waals surface area contributed by atoms with Gasteiger partial charge in [0.05, 0.1) is 99.0 Å². The lowest BCUT2D eigenvalue weighted by Gasteiger charge is -2.18. The Morgan fingerprint density at radius 2 is 1.05 bits per heavy atom. The van der Waals surface area contributed by atoms with Crippen molar-refractivity contribution in [3.8, 4) is 0 Å². The topological polar surface area (TPSA) is 157 Å². The van der Waals surface area contributed by atoms with Crippen LogP contribution < -0.4 is 11.6 Å². The second-order valence-corrected chi connectivity index (χ2v) is 7.82. The van der Waals surface area contributed by atoms with Gasteiger partial charge in [-0.2, -0.15) is 0 Å². The van der Waals surface area contributed by atoms with Crippen LogP contribution >= 0.6 is 0 Å². The van der Waals surface area contributed by atoms with Crippen LogP contribution in [0.3, 0.4) is 0 Å². The Labute approximate surface area is 219 Å². The lowest BCUT2D eigenvalue weighted by atomic mass is 10.4. The van der Waals surface area contributed by atoms with Gasteiger partial charge >= 0.3 is 0 Å². The Morgan fingerprint density at radius 1 is 0.703 bits per heavy atom. The normalized spacial score (nSPS) is 13.8. The summed E-state index contributed by atoms with van der Waals surface area (Å²) in [6.45, 7) is 9.65. The van der Waals surface area contributed by atoms with E-state index in [1.54, 1.807) is 0 Å². The standard InChI is InChI=1S/C24H44N4O9/c1-2-6-31-8-10-33-12-14-35-16-18-37-19-17-36-15-13-34-11-9-32-7-5-27(26)20-22(25)21-28-23(29)3-4-24(28)30/h3-4,20H,2,5-19,21,25-26H2,1H3/b22-20-. The average Bonchev–Trinajstić information content (AvgIpc) is 3.19. The molecule has 1 aliphatic heterocycles. The van der Waals surface area contributed by atoms with Crippen molar-refractivity contribution in [1.29, 1.82) is 0 Å². The summed E-state index contributed by atoms with van der Waals surface area (Å²) in [6, 6.07) is 0. The van der Waals surface area contributed by atoms with E-state index in [4.69, 9.17) is 44.7 Å². The molecule has 13 nitrogen and oxygen atoms in total. The average molecular weight is 533 g/mol. The summed E-state index contributed by atoms with van der Waals surface area (Å²) in [4.78, 5) is 24.1. The van der Waals surface area contributed by atoms with Gasteiger partial charge in [0, 0.05) is 30.7 Å². The Morgan fingerprint density at radius 3 is 1.43 bits per heavy atom. The number of carbonyl (C=O) groups is 2.